The molecule has 0 spiro atoms. The van der Waals surface area contributed by atoms with Gasteiger partial charge in [0, 0.05) is 12.6 Å². The second-order valence-electron chi connectivity index (χ2n) is 5.41. The van der Waals surface area contributed by atoms with Crippen LogP contribution in [-0.2, 0) is 4.74 Å². The van der Waals surface area contributed by atoms with Gasteiger partial charge < -0.3 is 20.5 Å². The van der Waals surface area contributed by atoms with Gasteiger partial charge in [-0.05, 0) is 32.9 Å². The minimum Gasteiger partial charge on any atom is -0.492 e. The highest BCUT2D eigenvalue weighted by molar-refractivity contribution is 5.67. The molecule has 3 N–H and O–H groups in total. The SMILES string of the molecule is CC(C)(C)OC(=O)NC[C@H](N)COc1cccc(F)c1. The standard InChI is InChI=1S/C14H21FN2O3/c1-14(2,3)20-13(18)17-8-11(16)9-19-12-6-4-5-10(15)7-12/h4-7,11H,8-9,16H2,1-3H3,(H,17,18)/t11-/m0/s1. The summed E-state index contributed by atoms with van der Waals surface area (Å²) >= 11 is 0. The average molecular weight is 284 g/mol. The highest BCUT2D eigenvalue weighted by Gasteiger charge is 2.16. The Morgan fingerprint density at radius 3 is 2.75 bits per heavy atom. The van der Waals surface area contributed by atoms with Crippen LogP contribution in [0, 0.1) is 5.82 Å². The lowest BCUT2D eigenvalue weighted by atomic mass is 10.2. The summed E-state index contributed by atoms with van der Waals surface area (Å²) in [5, 5.41) is 2.55. The van der Waals surface area contributed by atoms with Gasteiger partial charge in [-0.25, -0.2) is 9.18 Å². The van der Waals surface area contributed by atoms with Gasteiger partial charge in [0.2, 0.25) is 0 Å². The van der Waals surface area contributed by atoms with Crippen molar-refractivity contribution < 1.29 is 18.7 Å². The summed E-state index contributed by atoms with van der Waals surface area (Å²) in [5.41, 5.74) is 5.23. The van der Waals surface area contributed by atoms with Crippen molar-refractivity contribution in [2.24, 2.45) is 5.73 Å². The molecular formula is C14H21FN2O3. The van der Waals surface area contributed by atoms with Crippen molar-refractivity contribution in [2.45, 2.75) is 32.4 Å². The molecule has 0 saturated heterocycles. The van der Waals surface area contributed by atoms with E-state index in [0.29, 0.717) is 5.75 Å². The molecule has 0 fully saturated rings. The number of carbonyl (C=O) groups is 1. The van der Waals surface area contributed by atoms with Crippen molar-refractivity contribution in [1.82, 2.24) is 5.32 Å². The lowest BCUT2D eigenvalue weighted by Crippen LogP contribution is -2.42. The number of hydrogen-bond acceptors (Lipinski definition) is 4. The molecule has 0 aliphatic heterocycles. The first-order valence-electron chi connectivity index (χ1n) is 6.37. The maximum Gasteiger partial charge on any atom is 0.407 e. The third-order valence-electron chi connectivity index (χ3n) is 2.17. The number of halogens is 1. The predicted octanol–water partition coefficient (Wildman–Crippen LogP) is 2.06. The lowest BCUT2D eigenvalue weighted by Gasteiger charge is -2.20. The zero-order chi connectivity index (χ0) is 15.2. The van der Waals surface area contributed by atoms with Crippen LogP contribution < -0.4 is 15.8 Å². The Kier molecular flexibility index (Phi) is 5.76. The van der Waals surface area contributed by atoms with Crippen LogP contribution in [-0.4, -0.2) is 30.9 Å². The summed E-state index contributed by atoms with van der Waals surface area (Å²) in [4.78, 5) is 11.4. The van der Waals surface area contributed by atoms with Crippen LogP contribution in [0.5, 0.6) is 5.75 Å². The molecule has 1 atom stereocenters. The molecular weight excluding hydrogens is 263 g/mol. The van der Waals surface area contributed by atoms with E-state index in [4.69, 9.17) is 15.2 Å². The number of amides is 1. The highest BCUT2D eigenvalue weighted by atomic mass is 19.1. The molecule has 1 amide bonds. The Morgan fingerprint density at radius 2 is 2.15 bits per heavy atom. The first-order chi connectivity index (χ1) is 9.26. The molecule has 0 saturated carbocycles. The van der Waals surface area contributed by atoms with Crippen molar-refractivity contribution in [2.75, 3.05) is 13.2 Å². The van der Waals surface area contributed by atoms with E-state index in [1.807, 2.05) is 0 Å². The second-order valence-corrected chi connectivity index (χ2v) is 5.41. The van der Waals surface area contributed by atoms with E-state index in [9.17, 15) is 9.18 Å². The molecule has 0 bridgehead atoms. The average Bonchev–Trinajstić information content (AvgIpc) is 2.32. The molecule has 0 radical (unpaired) electrons. The van der Waals surface area contributed by atoms with Crippen molar-refractivity contribution in [3.8, 4) is 5.75 Å². The smallest absolute Gasteiger partial charge is 0.407 e. The van der Waals surface area contributed by atoms with E-state index < -0.39 is 17.7 Å². The van der Waals surface area contributed by atoms with Gasteiger partial charge in [-0.15, -0.1) is 0 Å². The summed E-state index contributed by atoms with van der Waals surface area (Å²) in [7, 11) is 0. The minimum absolute atomic E-state index is 0.166. The maximum absolute atomic E-state index is 12.9. The zero-order valence-electron chi connectivity index (χ0n) is 12.0. The Bertz CT molecular complexity index is 446. The van der Waals surface area contributed by atoms with Gasteiger partial charge in [-0.2, -0.15) is 0 Å². The summed E-state index contributed by atoms with van der Waals surface area (Å²) in [6, 6.07) is 5.38. The Balaban J connectivity index is 2.27. The third-order valence-corrected chi connectivity index (χ3v) is 2.17. The second kappa shape index (κ2) is 7.09. The van der Waals surface area contributed by atoms with E-state index in [1.165, 1.54) is 12.1 Å². The number of nitrogens with two attached hydrogens (primary N) is 1. The highest BCUT2D eigenvalue weighted by Crippen LogP contribution is 2.11. The first-order valence-corrected chi connectivity index (χ1v) is 6.37. The van der Waals surface area contributed by atoms with Crippen LogP contribution in [0.2, 0.25) is 0 Å². The van der Waals surface area contributed by atoms with E-state index >= 15 is 0 Å². The molecule has 0 aliphatic rings. The fraction of sp³-hybridized carbons (Fsp3) is 0.500. The van der Waals surface area contributed by atoms with Gasteiger partial charge in [0.05, 0.1) is 6.04 Å². The van der Waals surface area contributed by atoms with Crippen LogP contribution in [0.3, 0.4) is 0 Å². The Labute approximate surface area is 118 Å². The first kappa shape index (κ1) is 16.2. The third kappa shape index (κ3) is 6.94. The number of nitrogens with one attached hydrogen (secondary N) is 1. The van der Waals surface area contributed by atoms with Crippen molar-refractivity contribution in [3.05, 3.63) is 30.1 Å². The van der Waals surface area contributed by atoms with Crippen LogP contribution >= 0.6 is 0 Å². The molecule has 5 nitrogen and oxygen atoms in total. The zero-order valence-corrected chi connectivity index (χ0v) is 12.0. The van der Waals surface area contributed by atoms with Gasteiger partial charge in [-0.3, -0.25) is 0 Å². The Hall–Kier alpha value is -1.82. The van der Waals surface area contributed by atoms with Crippen molar-refractivity contribution in [1.29, 1.82) is 0 Å². The van der Waals surface area contributed by atoms with Gasteiger partial charge in [0.1, 0.15) is 23.8 Å². The molecule has 1 rings (SSSR count). The molecule has 0 unspecified atom stereocenters. The molecule has 20 heavy (non-hydrogen) atoms. The quantitative estimate of drug-likeness (QED) is 0.868. The molecule has 6 heteroatoms. The number of rotatable bonds is 5. The van der Waals surface area contributed by atoms with Gasteiger partial charge in [0.15, 0.2) is 0 Å². The monoisotopic (exact) mass is 284 g/mol. The van der Waals surface area contributed by atoms with Crippen LogP contribution in [0.4, 0.5) is 9.18 Å². The van der Waals surface area contributed by atoms with Crippen molar-refractivity contribution in [3.63, 3.8) is 0 Å². The number of alkyl carbamates (subject to hydrolysis) is 1. The number of carbonyl (C=O) groups excluding carboxylic acids is 1. The largest absolute Gasteiger partial charge is 0.492 e. The topological polar surface area (TPSA) is 73.6 Å². The number of benzene rings is 1. The van der Waals surface area contributed by atoms with Gasteiger partial charge >= 0.3 is 6.09 Å². The predicted molar refractivity (Wildman–Crippen MR) is 74.1 cm³/mol. The summed E-state index contributed by atoms with van der Waals surface area (Å²) < 4.78 is 23.3. The molecule has 0 aliphatic carbocycles. The van der Waals surface area contributed by atoms with Crippen LogP contribution in [0.1, 0.15) is 20.8 Å². The van der Waals surface area contributed by atoms with Crippen molar-refractivity contribution >= 4 is 6.09 Å². The van der Waals surface area contributed by atoms with E-state index in [-0.39, 0.29) is 19.0 Å². The fourth-order valence-electron chi connectivity index (χ4n) is 1.35. The van der Waals surface area contributed by atoms with Gasteiger partial charge in [0.25, 0.3) is 0 Å². The number of hydrogen-bond donors (Lipinski definition) is 2. The van der Waals surface area contributed by atoms with E-state index in [1.54, 1.807) is 32.9 Å². The molecule has 1 aromatic carbocycles. The van der Waals surface area contributed by atoms with Crippen LogP contribution in [0.15, 0.2) is 24.3 Å². The Morgan fingerprint density at radius 1 is 1.45 bits per heavy atom. The van der Waals surface area contributed by atoms with Crippen LogP contribution in [0.25, 0.3) is 0 Å². The molecule has 0 aromatic heterocycles. The maximum atomic E-state index is 12.9. The molecule has 0 heterocycles. The van der Waals surface area contributed by atoms with E-state index in [2.05, 4.69) is 5.32 Å². The minimum atomic E-state index is -0.549. The summed E-state index contributed by atoms with van der Waals surface area (Å²) in [6.45, 7) is 5.71. The number of ether oxygens (including phenoxy) is 2. The van der Waals surface area contributed by atoms with Gasteiger partial charge in [-0.1, -0.05) is 6.07 Å². The molecule has 112 valence electrons. The lowest BCUT2D eigenvalue weighted by molar-refractivity contribution is 0.0522. The summed E-state index contributed by atoms with van der Waals surface area (Å²) in [5.74, 6) is 0.0284. The fourth-order valence-corrected chi connectivity index (χ4v) is 1.35. The molecule has 1 aromatic rings. The normalized spacial score (nSPS) is 12.7. The van der Waals surface area contributed by atoms with E-state index in [0.717, 1.165) is 0 Å². The summed E-state index contributed by atoms with van der Waals surface area (Å²) in [6.07, 6.45) is -0.529.